The summed E-state index contributed by atoms with van der Waals surface area (Å²) in [6, 6.07) is 8.99. The first-order valence-corrected chi connectivity index (χ1v) is 7.92. The van der Waals surface area contributed by atoms with Crippen molar-refractivity contribution >= 4 is 6.08 Å². The summed E-state index contributed by atoms with van der Waals surface area (Å²) >= 11 is 0. The average molecular weight is 272 g/mol. The number of hydrogen-bond donors (Lipinski definition) is 1. The van der Waals surface area contributed by atoms with Crippen LogP contribution in [-0.2, 0) is 6.42 Å². The van der Waals surface area contributed by atoms with Gasteiger partial charge in [-0.2, -0.15) is 0 Å². The van der Waals surface area contributed by atoms with Crippen molar-refractivity contribution in [1.82, 2.24) is 10.2 Å². The number of benzene rings is 1. The molecule has 1 aromatic rings. The zero-order valence-corrected chi connectivity index (χ0v) is 12.9. The highest BCUT2D eigenvalue weighted by Gasteiger charge is 2.05. The monoisotopic (exact) mass is 272 g/mol. The van der Waals surface area contributed by atoms with Gasteiger partial charge in [0.25, 0.3) is 0 Å². The van der Waals surface area contributed by atoms with E-state index in [-0.39, 0.29) is 0 Å². The van der Waals surface area contributed by atoms with E-state index < -0.39 is 0 Å². The van der Waals surface area contributed by atoms with Crippen molar-refractivity contribution in [3.05, 3.63) is 41.5 Å². The van der Waals surface area contributed by atoms with Crippen LogP contribution in [-0.4, -0.2) is 37.6 Å². The first-order valence-electron chi connectivity index (χ1n) is 7.92. The second-order valence-corrected chi connectivity index (χ2v) is 6.15. The van der Waals surface area contributed by atoms with Gasteiger partial charge >= 0.3 is 0 Å². The van der Waals surface area contributed by atoms with Gasteiger partial charge in [-0.25, -0.2) is 0 Å². The summed E-state index contributed by atoms with van der Waals surface area (Å²) in [6.45, 7) is 10.3. The first-order chi connectivity index (χ1) is 9.74. The maximum atomic E-state index is 3.44. The van der Waals surface area contributed by atoms with E-state index in [1.807, 2.05) is 0 Å². The molecule has 0 spiro atoms. The lowest BCUT2D eigenvalue weighted by Crippen LogP contribution is -2.28. The fraction of sp³-hybridized carbons (Fsp3) is 0.556. The minimum atomic E-state index is 0.730. The van der Waals surface area contributed by atoms with E-state index in [4.69, 9.17) is 0 Å². The Morgan fingerprint density at radius 1 is 1.15 bits per heavy atom. The quantitative estimate of drug-likeness (QED) is 0.885. The first kappa shape index (κ1) is 15.3. The molecule has 0 atom stereocenters. The highest BCUT2D eigenvalue weighted by molar-refractivity contribution is 5.49. The van der Waals surface area contributed by atoms with E-state index in [1.165, 1.54) is 30.5 Å². The molecule has 20 heavy (non-hydrogen) atoms. The van der Waals surface area contributed by atoms with Crippen molar-refractivity contribution in [1.29, 1.82) is 0 Å². The van der Waals surface area contributed by atoms with Gasteiger partial charge in [-0.05, 0) is 43.0 Å². The Labute approximate surface area is 123 Å². The third kappa shape index (κ3) is 5.48. The molecule has 1 saturated heterocycles. The molecule has 1 aliphatic heterocycles. The Morgan fingerprint density at radius 3 is 2.70 bits per heavy atom. The molecular formula is C18H28N2. The smallest absolute Gasteiger partial charge is 0.0167 e. The van der Waals surface area contributed by atoms with Gasteiger partial charge < -0.3 is 5.32 Å². The molecule has 2 rings (SSSR count). The lowest BCUT2D eigenvalue weighted by molar-refractivity contribution is 0.324. The molecule has 0 aromatic heterocycles. The zero-order chi connectivity index (χ0) is 14.2. The number of rotatable bonds is 5. The SMILES string of the molecule is CC(C)Cc1ccc(/C=C/CN2CCCNCC2)cc1. The summed E-state index contributed by atoms with van der Waals surface area (Å²) < 4.78 is 0. The molecule has 2 nitrogen and oxygen atoms in total. The van der Waals surface area contributed by atoms with E-state index >= 15 is 0 Å². The van der Waals surface area contributed by atoms with Gasteiger partial charge in [0.1, 0.15) is 0 Å². The van der Waals surface area contributed by atoms with Crippen LogP contribution in [0.15, 0.2) is 30.3 Å². The van der Waals surface area contributed by atoms with Crippen molar-refractivity contribution < 1.29 is 0 Å². The highest BCUT2D eigenvalue weighted by Crippen LogP contribution is 2.11. The largest absolute Gasteiger partial charge is 0.315 e. The summed E-state index contributed by atoms with van der Waals surface area (Å²) in [5, 5.41) is 3.44. The van der Waals surface area contributed by atoms with Crippen LogP contribution in [0, 0.1) is 5.92 Å². The highest BCUT2D eigenvalue weighted by atomic mass is 15.1. The molecule has 2 heteroatoms. The predicted octanol–water partition coefficient (Wildman–Crippen LogP) is 3.19. The fourth-order valence-electron chi connectivity index (χ4n) is 2.66. The van der Waals surface area contributed by atoms with Gasteiger partial charge in [-0.15, -0.1) is 0 Å². The number of nitrogens with zero attached hydrogens (tertiary/aromatic N) is 1. The van der Waals surface area contributed by atoms with Gasteiger partial charge in [0.2, 0.25) is 0 Å². The Balaban J connectivity index is 1.81. The van der Waals surface area contributed by atoms with Crippen LogP contribution < -0.4 is 5.32 Å². The van der Waals surface area contributed by atoms with Crippen LogP contribution in [0.5, 0.6) is 0 Å². The van der Waals surface area contributed by atoms with Crippen molar-refractivity contribution in [2.45, 2.75) is 26.7 Å². The van der Waals surface area contributed by atoms with Gasteiger partial charge in [-0.1, -0.05) is 50.3 Å². The molecule has 1 fully saturated rings. The second-order valence-electron chi connectivity index (χ2n) is 6.15. The van der Waals surface area contributed by atoms with Gasteiger partial charge in [0.15, 0.2) is 0 Å². The third-order valence-corrected chi connectivity index (χ3v) is 3.73. The molecule has 0 radical (unpaired) electrons. The zero-order valence-electron chi connectivity index (χ0n) is 12.9. The van der Waals surface area contributed by atoms with Gasteiger partial charge in [-0.3, -0.25) is 4.90 Å². The summed E-state index contributed by atoms with van der Waals surface area (Å²) in [5.41, 5.74) is 2.75. The molecule has 0 saturated carbocycles. The van der Waals surface area contributed by atoms with Gasteiger partial charge in [0, 0.05) is 19.6 Å². The van der Waals surface area contributed by atoms with E-state index in [1.54, 1.807) is 0 Å². The lowest BCUT2D eigenvalue weighted by atomic mass is 10.0. The van der Waals surface area contributed by atoms with Crippen LogP contribution in [0.2, 0.25) is 0 Å². The Hall–Kier alpha value is -1.12. The summed E-state index contributed by atoms with van der Waals surface area (Å²) in [6.07, 6.45) is 6.97. The third-order valence-electron chi connectivity index (χ3n) is 3.73. The predicted molar refractivity (Wildman–Crippen MR) is 87.9 cm³/mol. The number of hydrogen-bond acceptors (Lipinski definition) is 2. The fourth-order valence-corrected chi connectivity index (χ4v) is 2.66. The van der Waals surface area contributed by atoms with E-state index in [0.717, 1.165) is 32.1 Å². The average Bonchev–Trinajstić information content (AvgIpc) is 2.69. The molecule has 0 bridgehead atoms. The standard InChI is InChI=1S/C18H28N2/c1-16(2)15-18-8-6-17(7-9-18)5-3-12-20-13-4-10-19-11-14-20/h3,5-9,16,19H,4,10-15H2,1-2H3/b5-3+. The molecular weight excluding hydrogens is 244 g/mol. The Morgan fingerprint density at radius 2 is 1.95 bits per heavy atom. The molecule has 1 aliphatic rings. The Kier molecular flexibility index (Phi) is 6.28. The van der Waals surface area contributed by atoms with Crippen LogP contribution in [0.25, 0.3) is 6.08 Å². The summed E-state index contributed by atoms with van der Waals surface area (Å²) in [7, 11) is 0. The van der Waals surface area contributed by atoms with Crippen molar-refractivity contribution in [3.8, 4) is 0 Å². The second kappa shape index (κ2) is 8.23. The molecule has 1 N–H and O–H groups in total. The van der Waals surface area contributed by atoms with Gasteiger partial charge in [0.05, 0.1) is 0 Å². The number of nitrogens with one attached hydrogen (secondary N) is 1. The van der Waals surface area contributed by atoms with Crippen LogP contribution in [0.4, 0.5) is 0 Å². The maximum absolute atomic E-state index is 3.44. The summed E-state index contributed by atoms with van der Waals surface area (Å²) in [5.74, 6) is 0.730. The summed E-state index contributed by atoms with van der Waals surface area (Å²) in [4.78, 5) is 2.52. The minimum Gasteiger partial charge on any atom is -0.315 e. The van der Waals surface area contributed by atoms with Crippen molar-refractivity contribution in [2.75, 3.05) is 32.7 Å². The maximum Gasteiger partial charge on any atom is 0.0167 e. The van der Waals surface area contributed by atoms with Crippen LogP contribution >= 0.6 is 0 Å². The molecule has 1 heterocycles. The van der Waals surface area contributed by atoms with E-state index in [9.17, 15) is 0 Å². The normalized spacial score (nSPS) is 17.8. The minimum absolute atomic E-state index is 0.730. The molecule has 1 aromatic carbocycles. The topological polar surface area (TPSA) is 15.3 Å². The van der Waals surface area contributed by atoms with Crippen molar-refractivity contribution in [2.24, 2.45) is 5.92 Å². The molecule has 0 unspecified atom stereocenters. The van der Waals surface area contributed by atoms with Crippen molar-refractivity contribution in [3.63, 3.8) is 0 Å². The molecule has 0 aliphatic carbocycles. The Bertz CT molecular complexity index is 398. The van der Waals surface area contributed by atoms with Crippen LogP contribution in [0.3, 0.4) is 0 Å². The molecule has 0 amide bonds. The van der Waals surface area contributed by atoms with E-state index in [0.29, 0.717) is 0 Å². The lowest BCUT2D eigenvalue weighted by Gasteiger charge is -2.16. The van der Waals surface area contributed by atoms with E-state index in [2.05, 4.69) is 60.5 Å². The van der Waals surface area contributed by atoms with Crippen LogP contribution in [0.1, 0.15) is 31.4 Å². The molecule has 110 valence electrons.